The van der Waals surface area contributed by atoms with Crippen molar-refractivity contribution >= 4 is 21.8 Å². The summed E-state index contributed by atoms with van der Waals surface area (Å²) >= 11 is 3.45. The molecule has 2 atom stereocenters. The molecule has 1 aromatic rings. The molecule has 1 saturated heterocycles. The highest BCUT2D eigenvalue weighted by Gasteiger charge is 2.21. The molecule has 0 radical (unpaired) electrons. The lowest BCUT2D eigenvalue weighted by Gasteiger charge is -2.24. The van der Waals surface area contributed by atoms with Crippen LogP contribution in [-0.4, -0.2) is 18.5 Å². The predicted molar refractivity (Wildman–Crippen MR) is 76.3 cm³/mol. The Morgan fingerprint density at radius 1 is 1.50 bits per heavy atom. The normalized spacial score (nSPS) is 21.3. The quantitative estimate of drug-likeness (QED) is 0.901. The van der Waals surface area contributed by atoms with Crippen LogP contribution in [0, 0.1) is 0 Å². The first-order valence-corrected chi connectivity index (χ1v) is 7.25. The summed E-state index contributed by atoms with van der Waals surface area (Å²) < 4.78 is 1.04. The van der Waals surface area contributed by atoms with Gasteiger partial charge in [0.15, 0.2) is 0 Å². The van der Waals surface area contributed by atoms with Crippen molar-refractivity contribution in [3.63, 3.8) is 0 Å². The van der Waals surface area contributed by atoms with Crippen LogP contribution in [0.25, 0.3) is 0 Å². The standard InChI is InChI=1S/C14H19BrN2O/c1-10(11-5-4-6-12(15)9-11)17-14(18)13-7-2-3-8-16-13/h4-6,9-10,13,16H,2-3,7-8H2,1H3,(H,17,18)/t10?,13-/m1/s1. The van der Waals surface area contributed by atoms with E-state index in [0.29, 0.717) is 0 Å². The molecule has 4 heteroatoms. The van der Waals surface area contributed by atoms with E-state index >= 15 is 0 Å². The second kappa shape index (κ2) is 6.34. The number of hydrogen-bond donors (Lipinski definition) is 2. The lowest BCUT2D eigenvalue weighted by molar-refractivity contribution is -0.124. The average molecular weight is 311 g/mol. The lowest BCUT2D eigenvalue weighted by Crippen LogP contribution is -2.47. The van der Waals surface area contributed by atoms with Crippen LogP contribution in [0.5, 0.6) is 0 Å². The van der Waals surface area contributed by atoms with Gasteiger partial charge in [-0.2, -0.15) is 0 Å². The lowest BCUT2D eigenvalue weighted by atomic mass is 10.0. The molecule has 0 bridgehead atoms. The van der Waals surface area contributed by atoms with Crippen molar-refractivity contribution in [1.29, 1.82) is 0 Å². The summed E-state index contributed by atoms with van der Waals surface area (Å²) in [6, 6.07) is 8.07. The summed E-state index contributed by atoms with van der Waals surface area (Å²) in [5, 5.41) is 6.34. The number of nitrogens with one attached hydrogen (secondary N) is 2. The fourth-order valence-electron chi connectivity index (χ4n) is 2.25. The molecule has 2 N–H and O–H groups in total. The Morgan fingerprint density at radius 2 is 2.33 bits per heavy atom. The Labute approximate surface area is 116 Å². The highest BCUT2D eigenvalue weighted by Crippen LogP contribution is 2.18. The highest BCUT2D eigenvalue weighted by molar-refractivity contribution is 9.10. The van der Waals surface area contributed by atoms with Crippen molar-refractivity contribution in [3.8, 4) is 0 Å². The van der Waals surface area contributed by atoms with Crippen molar-refractivity contribution < 1.29 is 4.79 Å². The number of amides is 1. The molecule has 1 heterocycles. The number of piperidine rings is 1. The van der Waals surface area contributed by atoms with E-state index in [-0.39, 0.29) is 18.0 Å². The van der Waals surface area contributed by atoms with Crippen LogP contribution in [0.3, 0.4) is 0 Å². The topological polar surface area (TPSA) is 41.1 Å². The number of rotatable bonds is 3. The molecule has 1 aliphatic rings. The zero-order valence-electron chi connectivity index (χ0n) is 10.6. The Kier molecular flexibility index (Phi) is 4.78. The fraction of sp³-hybridized carbons (Fsp3) is 0.500. The van der Waals surface area contributed by atoms with E-state index < -0.39 is 0 Å². The van der Waals surface area contributed by atoms with Crippen LogP contribution in [0.1, 0.15) is 37.8 Å². The van der Waals surface area contributed by atoms with Crippen molar-refractivity contribution in [1.82, 2.24) is 10.6 Å². The first-order chi connectivity index (χ1) is 8.66. The van der Waals surface area contributed by atoms with Gasteiger partial charge in [-0.05, 0) is 44.0 Å². The molecular formula is C14H19BrN2O. The van der Waals surface area contributed by atoms with Crippen molar-refractivity contribution in [2.24, 2.45) is 0 Å². The summed E-state index contributed by atoms with van der Waals surface area (Å²) in [7, 11) is 0. The van der Waals surface area contributed by atoms with Gasteiger partial charge in [-0.1, -0.05) is 34.5 Å². The van der Waals surface area contributed by atoms with Crippen molar-refractivity contribution in [3.05, 3.63) is 34.3 Å². The Morgan fingerprint density at radius 3 is 3.00 bits per heavy atom. The van der Waals surface area contributed by atoms with Gasteiger partial charge in [0.25, 0.3) is 0 Å². The van der Waals surface area contributed by atoms with Gasteiger partial charge >= 0.3 is 0 Å². The Balaban J connectivity index is 1.94. The molecule has 0 aliphatic carbocycles. The maximum Gasteiger partial charge on any atom is 0.237 e. The molecule has 1 aromatic carbocycles. The minimum atomic E-state index is -0.0200. The third-order valence-corrected chi connectivity index (χ3v) is 3.83. The maximum atomic E-state index is 12.1. The minimum absolute atomic E-state index is 0.0200. The van der Waals surface area contributed by atoms with Crippen LogP contribution in [-0.2, 0) is 4.79 Å². The molecule has 0 saturated carbocycles. The zero-order chi connectivity index (χ0) is 13.0. The van der Waals surface area contributed by atoms with Crippen molar-refractivity contribution in [2.75, 3.05) is 6.54 Å². The summed E-state index contributed by atoms with van der Waals surface area (Å²) in [4.78, 5) is 12.1. The molecule has 1 fully saturated rings. The number of halogens is 1. The van der Waals surface area contributed by atoms with Gasteiger partial charge in [0.2, 0.25) is 5.91 Å². The average Bonchev–Trinajstić information content (AvgIpc) is 2.39. The summed E-state index contributed by atoms with van der Waals surface area (Å²) in [6.45, 7) is 2.96. The second-order valence-corrected chi connectivity index (χ2v) is 5.70. The van der Waals surface area contributed by atoms with E-state index in [9.17, 15) is 4.79 Å². The van der Waals surface area contributed by atoms with Crippen LogP contribution in [0.15, 0.2) is 28.7 Å². The monoisotopic (exact) mass is 310 g/mol. The van der Waals surface area contributed by atoms with Crippen LogP contribution in [0.2, 0.25) is 0 Å². The SMILES string of the molecule is CC(NC(=O)[C@H]1CCCCN1)c1cccc(Br)c1. The third-order valence-electron chi connectivity index (χ3n) is 3.33. The Hall–Kier alpha value is -0.870. The van der Waals surface area contributed by atoms with Gasteiger partial charge < -0.3 is 10.6 Å². The first kappa shape index (κ1) is 13.6. The van der Waals surface area contributed by atoms with Crippen LogP contribution < -0.4 is 10.6 Å². The predicted octanol–water partition coefficient (Wildman–Crippen LogP) is 2.77. The van der Waals surface area contributed by atoms with Crippen molar-refractivity contribution in [2.45, 2.75) is 38.3 Å². The van der Waals surface area contributed by atoms with E-state index in [1.807, 2.05) is 31.2 Å². The molecule has 2 rings (SSSR count). The van der Waals surface area contributed by atoms with E-state index in [1.165, 1.54) is 6.42 Å². The number of hydrogen-bond acceptors (Lipinski definition) is 2. The number of carbonyl (C=O) groups excluding carboxylic acids is 1. The molecule has 1 aliphatic heterocycles. The first-order valence-electron chi connectivity index (χ1n) is 6.46. The van der Waals surface area contributed by atoms with Crippen LogP contribution in [0.4, 0.5) is 0 Å². The van der Waals surface area contributed by atoms with Gasteiger partial charge in [0.1, 0.15) is 0 Å². The number of carbonyl (C=O) groups is 1. The van der Waals surface area contributed by atoms with Gasteiger partial charge in [0, 0.05) is 4.47 Å². The summed E-state index contributed by atoms with van der Waals surface area (Å²) in [6.07, 6.45) is 3.25. The van der Waals surface area contributed by atoms with Gasteiger partial charge in [-0.15, -0.1) is 0 Å². The van der Waals surface area contributed by atoms with Gasteiger partial charge in [-0.3, -0.25) is 4.79 Å². The molecule has 1 amide bonds. The third kappa shape index (κ3) is 3.56. The molecule has 3 nitrogen and oxygen atoms in total. The van der Waals surface area contributed by atoms with E-state index in [4.69, 9.17) is 0 Å². The molecule has 0 spiro atoms. The smallest absolute Gasteiger partial charge is 0.237 e. The highest BCUT2D eigenvalue weighted by atomic mass is 79.9. The molecule has 98 valence electrons. The van der Waals surface area contributed by atoms with Crippen LogP contribution >= 0.6 is 15.9 Å². The molecule has 0 aromatic heterocycles. The minimum Gasteiger partial charge on any atom is -0.348 e. The summed E-state index contributed by atoms with van der Waals surface area (Å²) in [5.41, 5.74) is 1.12. The molecular weight excluding hydrogens is 292 g/mol. The molecule has 1 unspecified atom stereocenters. The van der Waals surface area contributed by atoms with E-state index in [0.717, 1.165) is 29.4 Å². The Bertz CT molecular complexity index is 416. The molecule has 18 heavy (non-hydrogen) atoms. The second-order valence-electron chi connectivity index (χ2n) is 4.79. The van der Waals surface area contributed by atoms with E-state index in [1.54, 1.807) is 0 Å². The van der Waals surface area contributed by atoms with Gasteiger partial charge in [-0.25, -0.2) is 0 Å². The van der Waals surface area contributed by atoms with Gasteiger partial charge in [0.05, 0.1) is 12.1 Å². The maximum absolute atomic E-state index is 12.1. The fourth-order valence-corrected chi connectivity index (χ4v) is 2.67. The zero-order valence-corrected chi connectivity index (χ0v) is 12.2. The largest absolute Gasteiger partial charge is 0.348 e. The summed E-state index contributed by atoms with van der Waals surface area (Å²) in [5.74, 6) is 0.113. The van der Waals surface area contributed by atoms with E-state index in [2.05, 4.69) is 26.6 Å². The number of benzene rings is 1.